The topological polar surface area (TPSA) is 57.2 Å². The van der Waals surface area contributed by atoms with E-state index in [0.717, 1.165) is 34.8 Å². The van der Waals surface area contributed by atoms with E-state index >= 15 is 0 Å². The van der Waals surface area contributed by atoms with Crippen LogP contribution in [-0.2, 0) is 38.5 Å². The first kappa shape index (κ1) is 32.2. The Morgan fingerprint density at radius 2 is 1.10 bits per heavy atom. The average molecular weight is 565 g/mol. The van der Waals surface area contributed by atoms with Gasteiger partial charge < -0.3 is 23.7 Å². The highest BCUT2D eigenvalue weighted by molar-refractivity contribution is 6.73. The lowest BCUT2D eigenvalue weighted by molar-refractivity contribution is -0.145. The summed E-state index contributed by atoms with van der Waals surface area (Å²) in [5, 5.41) is 9.75. The molecule has 0 fully saturated rings. The molecule has 0 aliphatic rings. The number of rotatable bonds is 20. The van der Waals surface area contributed by atoms with Crippen molar-refractivity contribution in [2.24, 2.45) is 0 Å². The summed E-state index contributed by atoms with van der Waals surface area (Å²) in [4.78, 5) is 0. The number of aliphatic hydroxyl groups is 1. The quantitative estimate of drug-likeness (QED) is 0.144. The van der Waals surface area contributed by atoms with Gasteiger partial charge in [-0.1, -0.05) is 112 Å². The molecule has 218 valence electrons. The second kappa shape index (κ2) is 18.2. The van der Waals surface area contributed by atoms with Crippen LogP contribution in [0, 0.1) is 0 Å². The van der Waals surface area contributed by atoms with Gasteiger partial charge in [0.2, 0.25) is 0 Å². The standard InChI is InChI=1S/C34H48O5Si/c1-4-40(5-2,6-3)39-33(28-36-25-29-17-10-7-11-18-29)34(38-27-31-21-14-9-15-22-31)32(23-16-24-35)37-26-30-19-12-8-13-20-30/h7-15,17-22,32-35H,4-6,16,23-28H2,1-3H3/t32-,33-,34+/m1/s1. The molecule has 0 saturated heterocycles. The van der Waals surface area contributed by atoms with Crippen LogP contribution < -0.4 is 0 Å². The highest BCUT2D eigenvalue weighted by Crippen LogP contribution is 2.29. The summed E-state index contributed by atoms with van der Waals surface area (Å²) >= 11 is 0. The van der Waals surface area contributed by atoms with E-state index in [1.807, 2.05) is 54.6 Å². The molecule has 0 saturated carbocycles. The van der Waals surface area contributed by atoms with Gasteiger partial charge in [0.1, 0.15) is 6.10 Å². The Morgan fingerprint density at radius 1 is 0.625 bits per heavy atom. The molecule has 40 heavy (non-hydrogen) atoms. The van der Waals surface area contributed by atoms with Crippen molar-refractivity contribution in [1.82, 2.24) is 0 Å². The molecule has 3 aromatic rings. The smallest absolute Gasteiger partial charge is 0.192 e. The van der Waals surface area contributed by atoms with Crippen LogP contribution in [0.1, 0.15) is 50.3 Å². The Morgan fingerprint density at radius 3 is 1.57 bits per heavy atom. The highest BCUT2D eigenvalue weighted by Gasteiger charge is 2.39. The molecule has 0 bridgehead atoms. The van der Waals surface area contributed by atoms with E-state index in [0.29, 0.717) is 39.3 Å². The molecule has 0 amide bonds. The third-order valence-corrected chi connectivity index (χ3v) is 12.4. The van der Waals surface area contributed by atoms with Gasteiger partial charge in [-0.2, -0.15) is 0 Å². The monoisotopic (exact) mass is 564 g/mol. The summed E-state index contributed by atoms with van der Waals surface area (Å²) in [6.45, 7) is 8.68. The fourth-order valence-corrected chi connectivity index (χ4v) is 7.86. The minimum atomic E-state index is -2.01. The van der Waals surface area contributed by atoms with Crippen LogP contribution in [0.15, 0.2) is 91.0 Å². The van der Waals surface area contributed by atoms with Crippen LogP contribution in [0.2, 0.25) is 18.1 Å². The fraction of sp³-hybridized carbons (Fsp3) is 0.471. The zero-order valence-corrected chi connectivity index (χ0v) is 25.5. The number of aliphatic hydroxyl groups excluding tert-OH is 1. The van der Waals surface area contributed by atoms with Crippen molar-refractivity contribution < 1.29 is 23.7 Å². The zero-order valence-electron chi connectivity index (χ0n) is 24.5. The molecule has 0 aliphatic carbocycles. The molecule has 6 heteroatoms. The van der Waals surface area contributed by atoms with Crippen molar-refractivity contribution >= 4 is 8.32 Å². The molecule has 0 unspecified atom stereocenters. The molecule has 3 rings (SSSR count). The van der Waals surface area contributed by atoms with Crippen molar-refractivity contribution in [3.8, 4) is 0 Å². The van der Waals surface area contributed by atoms with E-state index in [-0.39, 0.29) is 24.9 Å². The number of benzene rings is 3. The SMILES string of the molecule is CC[Si](CC)(CC)O[C@H](COCc1ccccc1)[C@@H](OCc1ccccc1)[C@@H](CCCO)OCc1ccccc1. The molecule has 5 nitrogen and oxygen atoms in total. The Bertz CT molecular complexity index is 1020. The van der Waals surface area contributed by atoms with Crippen LogP contribution in [0.4, 0.5) is 0 Å². The van der Waals surface area contributed by atoms with Gasteiger partial charge in [0.15, 0.2) is 8.32 Å². The Labute approximate surface area is 242 Å². The lowest BCUT2D eigenvalue weighted by Crippen LogP contribution is -2.51. The number of ether oxygens (including phenoxy) is 3. The van der Waals surface area contributed by atoms with Gasteiger partial charge in [-0.25, -0.2) is 0 Å². The first-order chi connectivity index (χ1) is 19.6. The largest absolute Gasteiger partial charge is 0.409 e. The van der Waals surface area contributed by atoms with Gasteiger partial charge in [0.25, 0.3) is 0 Å². The summed E-state index contributed by atoms with van der Waals surface area (Å²) < 4.78 is 26.8. The van der Waals surface area contributed by atoms with Crippen molar-refractivity contribution in [2.45, 2.75) is 89.9 Å². The zero-order chi connectivity index (χ0) is 28.5. The Kier molecular flexibility index (Phi) is 14.6. The fourth-order valence-electron chi connectivity index (χ4n) is 5.02. The maximum atomic E-state index is 9.75. The molecule has 0 aromatic heterocycles. The van der Waals surface area contributed by atoms with Crippen LogP contribution in [0.3, 0.4) is 0 Å². The predicted molar refractivity (Wildman–Crippen MR) is 165 cm³/mol. The van der Waals surface area contributed by atoms with Crippen LogP contribution >= 0.6 is 0 Å². The van der Waals surface area contributed by atoms with Gasteiger partial charge in [-0.05, 0) is 47.7 Å². The second-order valence-electron chi connectivity index (χ2n) is 10.4. The highest BCUT2D eigenvalue weighted by atomic mass is 28.4. The van der Waals surface area contributed by atoms with Gasteiger partial charge in [-0.3, -0.25) is 0 Å². The summed E-state index contributed by atoms with van der Waals surface area (Å²) in [6, 6.07) is 33.8. The van der Waals surface area contributed by atoms with Crippen molar-refractivity contribution in [3.05, 3.63) is 108 Å². The van der Waals surface area contributed by atoms with E-state index in [4.69, 9.17) is 18.6 Å². The molecule has 0 heterocycles. The van der Waals surface area contributed by atoms with Gasteiger partial charge in [0, 0.05) is 6.61 Å². The lowest BCUT2D eigenvalue weighted by atomic mass is 10.0. The van der Waals surface area contributed by atoms with Crippen molar-refractivity contribution in [2.75, 3.05) is 13.2 Å². The lowest BCUT2D eigenvalue weighted by Gasteiger charge is -2.39. The maximum Gasteiger partial charge on any atom is 0.192 e. The van der Waals surface area contributed by atoms with Gasteiger partial charge in [0.05, 0.1) is 38.6 Å². The molecule has 3 atom stereocenters. The minimum Gasteiger partial charge on any atom is -0.409 e. The summed E-state index contributed by atoms with van der Waals surface area (Å²) in [7, 11) is -2.01. The van der Waals surface area contributed by atoms with E-state index in [9.17, 15) is 5.11 Å². The molecule has 1 N–H and O–H groups in total. The van der Waals surface area contributed by atoms with Crippen molar-refractivity contribution in [3.63, 3.8) is 0 Å². The van der Waals surface area contributed by atoms with E-state index in [1.54, 1.807) is 0 Å². The maximum absolute atomic E-state index is 9.75. The first-order valence-electron chi connectivity index (χ1n) is 14.8. The third-order valence-electron chi connectivity index (χ3n) is 7.70. The summed E-state index contributed by atoms with van der Waals surface area (Å²) in [6.07, 6.45) is 0.375. The molecular formula is C34H48O5Si. The van der Waals surface area contributed by atoms with Crippen molar-refractivity contribution in [1.29, 1.82) is 0 Å². The first-order valence-corrected chi connectivity index (χ1v) is 17.4. The van der Waals surface area contributed by atoms with Crippen LogP contribution in [0.5, 0.6) is 0 Å². The number of hydrogen-bond acceptors (Lipinski definition) is 5. The molecule has 3 aromatic carbocycles. The second-order valence-corrected chi connectivity index (χ2v) is 15.1. The van der Waals surface area contributed by atoms with Gasteiger partial charge in [-0.15, -0.1) is 0 Å². The molecule has 0 radical (unpaired) electrons. The Hall–Kier alpha value is -2.32. The average Bonchev–Trinajstić information content (AvgIpc) is 3.02. The summed E-state index contributed by atoms with van der Waals surface area (Å²) in [5.74, 6) is 0. The normalized spacial score (nSPS) is 14.1. The van der Waals surface area contributed by atoms with Crippen LogP contribution in [0.25, 0.3) is 0 Å². The summed E-state index contributed by atoms with van der Waals surface area (Å²) in [5.41, 5.74) is 3.34. The molecule has 0 aliphatic heterocycles. The van der Waals surface area contributed by atoms with E-state index in [2.05, 4.69) is 57.2 Å². The number of hydrogen-bond donors (Lipinski definition) is 1. The Balaban J connectivity index is 1.90. The molecule has 0 spiro atoms. The minimum absolute atomic E-state index is 0.101. The molecular weight excluding hydrogens is 516 g/mol. The van der Waals surface area contributed by atoms with Crippen LogP contribution in [-0.4, -0.2) is 44.9 Å². The third kappa shape index (κ3) is 10.6. The predicted octanol–water partition coefficient (Wildman–Crippen LogP) is 7.54. The van der Waals surface area contributed by atoms with E-state index < -0.39 is 8.32 Å². The van der Waals surface area contributed by atoms with Gasteiger partial charge >= 0.3 is 0 Å². The van der Waals surface area contributed by atoms with E-state index in [1.165, 1.54) is 0 Å².